The standard InChI is InChI=1S/C21H21NO4S/c1-14(15-4-5-17-13-19(26-2)9-6-16(17)12-15)21(23)22-18-7-10-20(11-8-18)27(3,24)25/h4-14H,1-3H3,(H,22,23)/t14-/m1/s1. The third-order valence-corrected chi connectivity index (χ3v) is 5.64. The molecule has 0 aliphatic carbocycles. The molecule has 3 aromatic carbocycles. The van der Waals surface area contributed by atoms with Crippen LogP contribution in [-0.4, -0.2) is 27.7 Å². The van der Waals surface area contributed by atoms with E-state index >= 15 is 0 Å². The van der Waals surface area contributed by atoms with E-state index < -0.39 is 9.84 Å². The maximum absolute atomic E-state index is 12.6. The summed E-state index contributed by atoms with van der Waals surface area (Å²) in [5.74, 6) is 0.277. The number of rotatable bonds is 5. The predicted molar refractivity (Wildman–Crippen MR) is 107 cm³/mol. The minimum Gasteiger partial charge on any atom is -0.497 e. The number of amides is 1. The molecule has 3 aromatic rings. The van der Waals surface area contributed by atoms with Crippen molar-refractivity contribution < 1.29 is 17.9 Å². The van der Waals surface area contributed by atoms with Gasteiger partial charge in [-0.2, -0.15) is 0 Å². The first kappa shape index (κ1) is 18.9. The molecule has 27 heavy (non-hydrogen) atoms. The Labute approximate surface area is 158 Å². The van der Waals surface area contributed by atoms with Gasteiger partial charge < -0.3 is 10.1 Å². The summed E-state index contributed by atoms with van der Waals surface area (Å²) in [6, 6.07) is 17.8. The van der Waals surface area contributed by atoms with Crippen molar-refractivity contribution in [1.82, 2.24) is 0 Å². The first-order chi connectivity index (χ1) is 12.8. The summed E-state index contributed by atoms with van der Waals surface area (Å²) in [6.07, 6.45) is 1.15. The van der Waals surface area contributed by atoms with Crippen LogP contribution in [0.4, 0.5) is 5.69 Å². The second-order valence-corrected chi connectivity index (χ2v) is 8.50. The second kappa shape index (κ2) is 7.40. The zero-order valence-electron chi connectivity index (χ0n) is 15.4. The van der Waals surface area contributed by atoms with Crippen LogP contribution in [0, 0.1) is 0 Å². The van der Waals surface area contributed by atoms with Crippen LogP contribution < -0.4 is 10.1 Å². The number of nitrogens with one attached hydrogen (secondary N) is 1. The summed E-state index contributed by atoms with van der Waals surface area (Å²) < 4.78 is 28.3. The Balaban J connectivity index is 1.77. The van der Waals surface area contributed by atoms with Crippen LogP contribution in [-0.2, 0) is 14.6 Å². The molecule has 140 valence electrons. The number of hydrogen-bond donors (Lipinski definition) is 1. The van der Waals surface area contributed by atoms with E-state index in [0.29, 0.717) is 5.69 Å². The Morgan fingerprint density at radius 1 is 0.963 bits per heavy atom. The third kappa shape index (κ3) is 4.28. The fourth-order valence-electron chi connectivity index (χ4n) is 2.83. The number of fused-ring (bicyclic) bond motifs is 1. The molecule has 0 bridgehead atoms. The lowest BCUT2D eigenvalue weighted by Gasteiger charge is -2.14. The zero-order valence-corrected chi connectivity index (χ0v) is 16.2. The normalized spacial score (nSPS) is 12.6. The summed E-state index contributed by atoms with van der Waals surface area (Å²) in [5, 5.41) is 4.91. The number of sulfone groups is 1. The second-order valence-electron chi connectivity index (χ2n) is 6.48. The number of methoxy groups -OCH3 is 1. The Morgan fingerprint density at radius 3 is 2.22 bits per heavy atom. The summed E-state index contributed by atoms with van der Waals surface area (Å²) in [5.41, 5.74) is 1.46. The molecule has 0 saturated carbocycles. The van der Waals surface area contributed by atoms with Gasteiger partial charge in [-0.15, -0.1) is 0 Å². The first-order valence-electron chi connectivity index (χ1n) is 8.46. The summed E-state index contributed by atoms with van der Waals surface area (Å²) in [7, 11) is -1.63. The first-order valence-corrected chi connectivity index (χ1v) is 10.4. The van der Waals surface area contributed by atoms with Crippen LogP contribution in [0.25, 0.3) is 10.8 Å². The summed E-state index contributed by atoms with van der Waals surface area (Å²) in [6.45, 7) is 1.84. The smallest absolute Gasteiger partial charge is 0.231 e. The van der Waals surface area contributed by atoms with E-state index in [2.05, 4.69) is 5.32 Å². The lowest BCUT2D eigenvalue weighted by Crippen LogP contribution is -2.18. The van der Waals surface area contributed by atoms with E-state index in [1.807, 2.05) is 43.3 Å². The fraction of sp³-hybridized carbons (Fsp3) is 0.190. The Morgan fingerprint density at radius 2 is 1.59 bits per heavy atom. The van der Waals surface area contributed by atoms with Gasteiger partial charge in [-0.3, -0.25) is 4.79 Å². The quantitative estimate of drug-likeness (QED) is 0.723. The fourth-order valence-corrected chi connectivity index (χ4v) is 3.46. The molecule has 1 atom stereocenters. The number of carbonyl (C=O) groups is 1. The van der Waals surface area contributed by atoms with Crippen LogP contribution >= 0.6 is 0 Å². The molecule has 0 heterocycles. The highest BCUT2D eigenvalue weighted by Gasteiger charge is 2.16. The summed E-state index contributed by atoms with van der Waals surface area (Å²) in [4.78, 5) is 12.8. The average Bonchev–Trinajstić information content (AvgIpc) is 2.66. The molecule has 0 fully saturated rings. The van der Waals surface area contributed by atoms with E-state index in [-0.39, 0.29) is 16.7 Å². The number of ether oxygens (including phenoxy) is 1. The van der Waals surface area contributed by atoms with Crippen LogP contribution in [0.15, 0.2) is 65.6 Å². The number of benzene rings is 3. The molecule has 0 aliphatic rings. The maximum Gasteiger partial charge on any atom is 0.231 e. The molecule has 0 spiro atoms. The van der Waals surface area contributed by atoms with Gasteiger partial charge in [0.05, 0.1) is 17.9 Å². The van der Waals surface area contributed by atoms with Gasteiger partial charge in [-0.25, -0.2) is 8.42 Å². The third-order valence-electron chi connectivity index (χ3n) is 4.51. The van der Waals surface area contributed by atoms with Crippen LogP contribution in [0.3, 0.4) is 0 Å². The van der Waals surface area contributed by atoms with Crippen molar-refractivity contribution in [1.29, 1.82) is 0 Å². The SMILES string of the molecule is COc1ccc2cc([C@@H](C)C(=O)Nc3ccc(S(C)(=O)=O)cc3)ccc2c1. The highest BCUT2D eigenvalue weighted by Crippen LogP contribution is 2.26. The maximum atomic E-state index is 12.6. The minimum absolute atomic E-state index is 0.157. The van der Waals surface area contributed by atoms with Gasteiger partial charge in [0.1, 0.15) is 5.75 Å². The van der Waals surface area contributed by atoms with Crippen molar-refractivity contribution in [2.75, 3.05) is 18.7 Å². The largest absolute Gasteiger partial charge is 0.497 e. The molecule has 3 rings (SSSR count). The molecular formula is C21H21NO4S. The zero-order chi connectivity index (χ0) is 19.6. The predicted octanol–water partition coefficient (Wildman–Crippen LogP) is 3.99. The highest BCUT2D eigenvalue weighted by molar-refractivity contribution is 7.90. The van der Waals surface area contributed by atoms with Gasteiger partial charge in [-0.1, -0.05) is 24.3 Å². The molecule has 6 heteroatoms. The van der Waals surface area contributed by atoms with Crippen molar-refractivity contribution in [2.24, 2.45) is 0 Å². The number of anilines is 1. The van der Waals surface area contributed by atoms with Crippen molar-refractivity contribution in [3.63, 3.8) is 0 Å². The Kier molecular flexibility index (Phi) is 5.19. The van der Waals surface area contributed by atoms with Gasteiger partial charge in [-0.05, 0) is 59.7 Å². The molecule has 0 radical (unpaired) electrons. The molecule has 1 amide bonds. The molecule has 0 unspecified atom stereocenters. The molecule has 1 N–H and O–H groups in total. The van der Waals surface area contributed by atoms with E-state index in [1.165, 1.54) is 12.1 Å². The van der Waals surface area contributed by atoms with E-state index in [1.54, 1.807) is 19.2 Å². The van der Waals surface area contributed by atoms with Crippen LogP contribution in [0.5, 0.6) is 5.75 Å². The number of carbonyl (C=O) groups excluding carboxylic acids is 1. The lowest BCUT2D eigenvalue weighted by molar-refractivity contribution is -0.117. The molecule has 0 aliphatic heterocycles. The Bertz CT molecular complexity index is 1090. The van der Waals surface area contributed by atoms with Gasteiger partial charge >= 0.3 is 0 Å². The van der Waals surface area contributed by atoms with Gasteiger partial charge in [0.15, 0.2) is 9.84 Å². The van der Waals surface area contributed by atoms with Gasteiger partial charge in [0, 0.05) is 11.9 Å². The minimum atomic E-state index is -3.25. The van der Waals surface area contributed by atoms with E-state index in [9.17, 15) is 13.2 Å². The molecule has 0 aromatic heterocycles. The van der Waals surface area contributed by atoms with Crippen molar-refractivity contribution in [3.05, 3.63) is 66.2 Å². The van der Waals surface area contributed by atoms with E-state index in [4.69, 9.17) is 4.74 Å². The van der Waals surface area contributed by atoms with Crippen LogP contribution in [0.2, 0.25) is 0 Å². The van der Waals surface area contributed by atoms with Crippen LogP contribution in [0.1, 0.15) is 18.4 Å². The average molecular weight is 383 g/mol. The van der Waals surface area contributed by atoms with Crippen molar-refractivity contribution in [3.8, 4) is 5.75 Å². The van der Waals surface area contributed by atoms with Gasteiger partial charge in [0.25, 0.3) is 0 Å². The monoisotopic (exact) mass is 383 g/mol. The highest BCUT2D eigenvalue weighted by atomic mass is 32.2. The number of hydrogen-bond acceptors (Lipinski definition) is 4. The molecule has 0 saturated heterocycles. The lowest BCUT2D eigenvalue weighted by atomic mass is 9.97. The Hall–Kier alpha value is -2.86. The molecule has 5 nitrogen and oxygen atoms in total. The van der Waals surface area contributed by atoms with E-state index in [0.717, 1.165) is 28.3 Å². The summed E-state index contributed by atoms with van der Waals surface area (Å²) >= 11 is 0. The van der Waals surface area contributed by atoms with Crippen molar-refractivity contribution in [2.45, 2.75) is 17.7 Å². The molecular weight excluding hydrogens is 362 g/mol. The topological polar surface area (TPSA) is 72.5 Å². The van der Waals surface area contributed by atoms with Gasteiger partial charge in [0.2, 0.25) is 5.91 Å². The van der Waals surface area contributed by atoms with Crippen molar-refractivity contribution >= 4 is 32.2 Å².